The maximum Gasteiger partial charge on any atom is 0.255 e. The van der Waals surface area contributed by atoms with Gasteiger partial charge in [-0.15, -0.1) is 0 Å². The van der Waals surface area contributed by atoms with Crippen LogP contribution < -0.4 is 10.6 Å². The second-order valence-electron chi connectivity index (χ2n) is 5.38. The Hall–Kier alpha value is -3.14. The van der Waals surface area contributed by atoms with Crippen LogP contribution in [-0.2, 0) is 6.54 Å². The molecule has 0 unspecified atom stereocenters. The van der Waals surface area contributed by atoms with Crippen molar-refractivity contribution in [1.29, 1.82) is 0 Å². The van der Waals surface area contributed by atoms with Crippen LogP contribution in [0.2, 0.25) is 0 Å². The van der Waals surface area contributed by atoms with E-state index in [0.29, 0.717) is 11.3 Å². The molecule has 0 atom stereocenters. The Morgan fingerprint density at radius 2 is 1.54 bits per heavy atom. The van der Waals surface area contributed by atoms with Crippen LogP contribution in [0.15, 0.2) is 78.9 Å². The van der Waals surface area contributed by atoms with Gasteiger partial charge in [0.05, 0.1) is 0 Å². The number of carbonyl (C=O) groups is 1. The molecule has 0 bridgehead atoms. The standard InChI is InChI=1S/C20H17FN2O/c21-17-8-4-7-16(13-17)20(24)23-19-11-9-18(10-12-19)22-14-15-5-2-1-3-6-15/h1-13,22H,14H2,(H,23,24). The minimum absolute atomic E-state index is 0.293. The monoisotopic (exact) mass is 320 g/mol. The van der Waals surface area contributed by atoms with Gasteiger partial charge in [-0.3, -0.25) is 4.79 Å². The van der Waals surface area contributed by atoms with Gasteiger partial charge in [-0.25, -0.2) is 4.39 Å². The Morgan fingerprint density at radius 1 is 0.833 bits per heavy atom. The van der Waals surface area contributed by atoms with E-state index in [4.69, 9.17) is 0 Å². The molecular formula is C20H17FN2O. The number of carbonyl (C=O) groups excluding carboxylic acids is 1. The summed E-state index contributed by atoms with van der Waals surface area (Å²) in [5.41, 5.74) is 3.11. The fourth-order valence-electron chi connectivity index (χ4n) is 2.30. The van der Waals surface area contributed by atoms with E-state index >= 15 is 0 Å². The molecule has 3 nitrogen and oxygen atoms in total. The second-order valence-corrected chi connectivity index (χ2v) is 5.38. The maximum absolute atomic E-state index is 13.2. The van der Waals surface area contributed by atoms with Crippen LogP contribution in [-0.4, -0.2) is 5.91 Å². The lowest BCUT2D eigenvalue weighted by atomic mass is 10.2. The van der Waals surface area contributed by atoms with Gasteiger partial charge in [0, 0.05) is 23.5 Å². The van der Waals surface area contributed by atoms with Crippen molar-refractivity contribution in [2.45, 2.75) is 6.54 Å². The van der Waals surface area contributed by atoms with Crippen molar-refractivity contribution in [3.05, 3.63) is 95.8 Å². The van der Waals surface area contributed by atoms with Crippen LogP contribution in [0.25, 0.3) is 0 Å². The fourth-order valence-corrected chi connectivity index (χ4v) is 2.30. The summed E-state index contributed by atoms with van der Waals surface area (Å²) in [5, 5.41) is 6.07. The van der Waals surface area contributed by atoms with Crippen molar-refractivity contribution in [2.24, 2.45) is 0 Å². The average Bonchev–Trinajstić information content (AvgIpc) is 2.62. The molecule has 0 aliphatic carbocycles. The molecule has 1 amide bonds. The van der Waals surface area contributed by atoms with E-state index in [-0.39, 0.29) is 5.91 Å². The third-order valence-corrected chi connectivity index (χ3v) is 3.57. The SMILES string of the molecule is O=C(Nc1ccc(NCc2ccccc2)cc1)c1cccc(F)c1. The average molecular weight is 320 g/mol. The molecule has 0 radical (unpaired) electrons. The molecule has 0 aliphatic rings. The number of amides is 1. The third-order valence-electron chi connectivity index (χ3n) is 3.57. The van der Waals surface area contributed by atoms with E-state index in [1.807, 2.05) is 42.5 Å². The molecule has 3 aromatic rings. The molecule has 24 heavy (non-hydrogen) atoms. The van der Waals surface area contributed by atoms with E-state index < -0.39 is 5.82 Å². The lowest BCUT2D eigenvalue weighted by molar-refractivity contribution is 0.102. The quantitative estimate of drug-likeness (QED) is 0.716. The summed E-state index contributed by atoms with van der Waals surface area (Å²) in [6.07, 6.45) is 0. The normalized spacial score (nSPS) is 10.2. The van der Waals surface area contributed by atoms with Crippen LogP contribution in [0.3, 0.4) is 0 Å². The highest BCUT2D eigenvalue weighted by molar-refractivity contribution is 6.04. The summed E-state index contributed by atoms with van der Waals surface area (Å²) in [6.45, 7) is 0.732. The number of halogens is 1. The van der Waals surface area contributed by atoms with Gasteiger partial charge < -0.3 is 10.6 Å². The van der Waals surface area contributed by atoms with E-state index in [2.05, 4.69) is 22.8 Å². The van der Waals surface area contributed by atoms with E-state index in [1.165, 1.54) is 23.8 Å². The highest BCUT2D eigenvalue weighted by Gasteiger charge is 2.06. The molecule has 0 spiro atoms. The zero-order valence-electron chi connectivity index (χ0n) is 13.0. The fraction of sp³-hybridized carbons (Fsp3) is 0.0500. The first kappa shape index (κ1) is 15.7. The van der Waals surface area contributed by atoms with Gasteiger partial charge in [0.1, 0.15) is 5.82 Å². The Labute approximate surface area is 140 Å². The van der Waals surface area contributed by atoms with Crippen LogP contribution in [0, 0.1) is 5.82 Å². The highest BCUT2D eigenvalue weighted by Crippen LogP contribution is 2.16. The van der Waals surface area contributed by atoms with Crippen molar-refractivity contribution >= 4 is 17.3 Å². The Morgan fingerprint density at radius 3 is 2.25 bits per heavy atom. The van der Waals surface area contributed by atoms with Crippen molar-refractivity contribution < 1.29 is 9.18 Å². The minimum Gasteiger partial charge on any atom is -0.381 e. The summed E-state index contributed by atoms with van der Waals surface area (Å²) in [7, 11) is 0. The van der Waals surface area contributed by atoms with E-state index in [9.17, 15) is 9.18 Å². The first-order valence-corrected chi connectivity index (χ1v) is 7.65. The largest absolute Gasteiger partial charge is 0.381 e. The topological polar surface area (TPSA) is 41.1 Å². The lowest BCUT2D eigenvalue weighted by Crippen LogP contribution is -2.12. The number of hydrogen-bond acceptors (Lipinski definition) is 2. The molecule has 0 aliphatic heterocycles. The summed E-state index contributed by atoms with van der Waals surface area (Å²) in [4.78, 5) is 12.1. The molecule has 0 saturated carbocycles. The third kappa shape index (κ3) is 4.20. The predicted octanol–water partition coefficient (Wildman–Crippen LogP) is 4.69. The van der Waals surface area contributed by atoms with Gasteiger partial charge in [0.15, 0.2) is 0 Å². The lowest BCUT2D eigenvalue weighted by Gasteiger charge is -2.09. The van der Waals surface area contributed by atoms with Crippen LogP contribution in [0.1, 0.15) is 15.9 Å². The van der Waals surface area contributed by atoms with Crippen LogP contribution in [0.4, 0.5) is 15.8 Å². The molecule has 4 heteroatoms. The van der Waals surface area contributed by atoms with Gasteiger partial charge in [-0.05, 0) is 48.0 Å². The number of anilines is 2. The molecule has 0 saturated heterocycles. The number of rotatable bonds is 5. The van der Waals surface area contributed by atoms with Crippen molar-refractivity contribution in [2.75, 3.05) is 10.6 Å². The first-order valence-electron chi connectivity index (χ1n) is 7.65. The highest BCUT2D eigenvalue weighted by atomic mass is 19.1. The van der Waals surface area contributed by atoms with Gasteiger partial charge in [-0.2, -0.15) is 0 Å². The molecular weight excluding hydrogens is 303 g/mol. The van der Waals surface area contributed by atoms with Crippen LogP contribution in [0.5, 0.6) is 0 Å². The smallest absolute Gasteiger partial charge is 0.255 e. The maximum atomic E-state index is 13.2. The van der Waals surface area contributed by atoms with Gasteiger partial charge in [-0.1, -0.05) is 36.4 Å². The van der Waals surface area contributed by atoms with Gasteiger partial charge in [0.25, 0.3) is 5.91 Å². The van der Waals surface area contributed by atoms with Crippen molar-refractivity contribution in [3.8, 4) is 0 Å². The summed E-state index contributed by atoms with van der Waals surface area (Å²) in [6, 6.07) is 23.1. The zero-order valence-corrected chi connectivity index (χ0v) is 13.0. The number of nitrogens with one attached hydrogen (secondary N) is 2. The van der Waals surface area contributed by atoms with E-state index in [1.54, 1.807) is 6.07 Å². The molecule has 0 heterocycles. The van der Waals surface area contributed by atoms with E-state index in [0.717, 1.165) is 12.2 Å². The molecule has 0 aromatic heterocycles. The summed E-state index contributed by atoms with van der Waals surface area (Å²) < 4.78 is 13.2. The Balaban J connectivity index is 1.59. The zero-order chi connectivity index (χ0) is 16.8. The first-order chi connectivity index (χ1) is 11.7. The second kappa shape index (κ2) is 7.42. The number of hydrogen-bond donors (Lipinski definition) is 2. The Kier molecular flexibility index (Phi) is 4.87. The predicted molar refractivity (Wildman–Crippen MR) is 94.6 cm³/mol. The van der Waals surface area contributed by atoms with Crippen molar-refractivity contribution in [3.63, 3.8) is 0 Å². The van der Waals surface area contributed by atoms with Gasteiger partial charge >= 0.3 is 0 Å². The summed E-state index contributed by atoms with van der Waals surface area (Å²) >= 11 is 0. The van der Waals surface area contributed by atoms with Crippen molar-refractivity contribution in [1.82, 2.24) is 0 Å². The molecule has 3 aromatic carbocycles. The molecule has 2 N–H and O–H groups in total. The van der Waals surface area contributed by atoms with Crippen LogP contribution >= 0.6 is 0 Å². The number of benzene rings is 3. The molecule has 120 valence electrons. The molecule has 3 rings (SSSR count). The minimum atomic E-state index is -0.428. The summed E-state index contributed by atoms with van der Waals surface area (Å²) in [5.74, 6) is -0.761. The molecule has 0 fully saturated rings. The Bertz CT molecular complexity index is 817. The van der Waals surface area contributed by atoms with Gasteiger partial charge in [0.2, 0.25) is 0 Å².